The van der Waals surface area contributed by atoms with Crippen molar-refractivity contribution in [3.05, 3.63) is 31.6 Å². The Morgan fingerprint density at radius 2 is 2.28 bits per heavy atom. The van der Waals surface area contributed by atoms with E-state index < -0.39 is 10.7 Å². The van der Waals surface area contributed by atoms with E-state index in [1.54, 1.807) is 22.6 Å². The molecule has 1 fully saturated rings. The molecule has 1 atom stereocenters. The molecule has 1 saturated carbocycles. The molecule has 1 unspecified atom stereocenters. The minimum Gasteiger partial charge on any atom is -0.377 e. The molecule has 0 saturated heterocycles. The highest BCUT2D eigenvalue weighted by Crippen LogP contribution is 2.35. The van der Waals surface area contributed by atoms with E-state index in [4.69, 9.17) is 0 Å². The molecular weight excluding hydrogens is 350 g/mol. The third kappa shape index (κ3) is 3.30. The average molecular weight is 364 g/mol. The topological polar surface area (TPSA) is 55.2 Å². The monoisotopic (exact) mass is 364 g/mol. The van der Waals surface area contributed by atoms with Crippen LogP contribution in [0.1, 0.15) is 26.2 Å². The third-order valence-electron chi connectivity index (χ3n) is 3.02. The lowest BCUT2D eigenvalue weighted by atomic mass is 10.1. The average Bonchev–Trinajstić information content (AvgIpc) is 3.06. The quantitative estimate of drug-likeness (QED) is 0.489. The zero-order valence-electron chi connectivity index (χ0n) is 9.95. The van der Waals surface area contributed by atoms with Crippen molar-refractivity contribution in [1.82, 2.24) is 0 Å². The second kappa shape index (κ2) is 5.38. The number of hydrogen-bond acceptors (Lipinski definition) is 3. The molecule has 0 radical (unpaired) electrons. The van der Waals surface area contributed by atoms with Crippen molar-refractivity contribution in [3.8, 4) is 0 Å². The van der Waals surface area contributed by atoms with E-state index in [1.165, 1.54) is 25.0 Å². The molecule has 0 heterocycles. The van der Waals surface area contributed by atoms with Gasteiger partial charge in [0.05, 0.1) is 8.49 Å². The largest absolute Gasteiger partial charge is 0.377 e. The molecule has 0 bridgehead atoms. The maximum absolute atomic E-state index is 13.5. The molecule has 18 heavy (non-hydrogen) atoms. The lowest BCUT2D eigenvalue weighted by molar-refractivity contribution is -0.384. The van der Waals surface area contributed by atoms with Crippen molar-refractivity contribution in [2.45, 2.75) is 32.2 Å². The van der Waals surface area contributed by atoms with E-state index >= 15 is 0 Å². The van der Waals surface area contributed by atoms with Crippen LogP contribution in [0.2, 0.25) is 0 Å². The summed E-state index contributed by atoms with van der Waals surface area (Å²) in [7, 11) is 0. The number of anilines is 1. The fraction of sp³-hybridized carbons (Fsp3) is 0.500. The Morgan fingerprint density at radius 1 is 1.61 bits per heavy atom. The first kappa shape index (κ1) is 13.5. The van der Waals surface area contributed by atoms with E-state index in [9.17, 15) is 14.5 Å². The predicted octanol–water partition coefficient (Wildman–Crippen LogP) is 3.94. The lowest BCUT2D eigenvalue weighted by Crippen LogP contribution is -2.17. The van der Waals surface area contributed by atoms with Gasteiger partial charge in [0.1, 0.15) is 11.5 Å². The zero-order valence-corrected chi connectivity index (χ0v) is 12.1. The van der Waals surface area contributed by atoms with E-state index in [0.29, 0.717) is 0 Å². The second-order valence-corrected chi connectivity index (χ2v) is 5.93. The number of hydrogen-bond donors (Lipinski definition) is 1. The van der Waals surface area contributed by atoms with Crippen LogP contribution in [0.4, 0.5) is 15.8 Å². The number of nitro benzene ring substituents is 1. The van der Waals surface area contributed by atoms with E-state index in [1.807, 2.05) is 6.92 Å². The summed E-state index contributed by atoms with van der Waals surface area (Å²) in [6.45, 7) is 1.97. The van der Waals surface area contributed by atoms with Crippen LogP contribution in [-0.4, -0.2) is 11.0 Å². The highest BCUT2D eigenvalue weighted by atomic mass is 127. The molecule has 4 nitrogen and oxygen atoms in total. The summed E-state index contributed by atoms with van der Waals surface area (Å²) in [6, 6.07) is 2.60. The molecule has 1 aliphatic rings. The second-order valence-electron chi connectivity index (χ2n) is 4.77. The molecule has 1 N–H and O–H groups in total. The van der Waals surface area contributed by atoms with Gasteiger partial charge in [0, 0.05) is 18.2 Å². The maximum Gasteiger partial charge on any atom is 0.293 e. The fourth-order valence-electron chi connectivity index (χ4n) is 1.98. The van der Waals surface area contributed by atoms with Gasteiger partial charge >= 0.3 is 0 Å². The molecule has 1 aromatic rings. The summed E-state index contributed by atoms with van der Waals surface area (Å²) in [4.78, 5) is 10.5. The van der Waals surface area contributed by atoms with Crippen LogP contribution in [0.5, 0.6) is 0 Å². The lowest BCUT2D eigenvalue weighted by Gasteiger charge is -2.15. The van der Waals surface area contributed by atoms with Crippen LogP contribution < -0.4 is 5.32 Å². The number of halogens is 2. The van der Waals surface area contributed by atoms with Crippen molar-refractivity contribution in [1.29, 1.82) is 0 Å². The Bertz CT molecular complexity index is 477. The summed E-state index contributed by atoms with van der Waals surface area (Å²) in [5.41, 5.74) is 0.203. The number of nitrogens with one attached hydrogen (secondary N) is 1. The molecular formula is C12H14FIN2O2. The van der Waals surface area contributed by atoms with Crippen LogP contribution in [0.25, 0.3) is 0 Å². The Hall–Kier alpha value is -0.920. The van der Waals surface area contributed by atoms with Crippen LogP contribution in [0, 0.1) is 25.4 Å². The predicted molar refractivity (Wildman–Crippen MR) is 76.2 cm³/mol. The van der Waals surface area contributed by atoms with Gasteiger partial charge in [-0.2, -0.15) is 0 Å². The van der Waals surface area contributed by atoms with Crippen LogP contribution in [-0.2, 0) is 0 Å². The molecule has 0 spiro atoms. The van der Waals surface area contributed by atoms with Gasteiger partial charge in [0.25, 0.3) is 5.69 Å². The standard InChI is InChI=1S/C12H14FIN2O2/c1-7(4-8-2-3-8)15-11-5-9(13)10(14)6-12(11)16(17)18/h5-8,15H,2-4H2,1H3. The first-order valence-electron chi connectivity index (χ1n) is 5.87. The van der Waals surface area contributed by atoms with Crippen LogP contribution >= 0.6 is 22.6 Å². The SMILES string of the molecule is CC(CC1CC1)Nc1cc(F)c(I)cc1[N+](=O)[O-]. The number of benzene rings is 1. The molecule has 1 aliphatic carbocycles. The Morgan fingerprint density at radius 3 is 2.83 bits per heavy atom. The Labute approximate surface area is 118 Å². The summed E-state index contributed by atoms with van der Waals surface area (Å²) < 4.78 is 13.7. The third-order valence-corrected chi connectivity index (χ3v) is 3.85. The molecule has 0 aliphatic heterocycles. The maximum atomic E-state index is 13.5. The normalized spacial score (nSPS) is 16.4. The van der Waals surface area contributed by atoms with Crippen molar-refractivity contribution in [3.63, 3.8) is 0 Å². The minimum atomic E-state index is -0.478. The molecule has 2 rings (SSSR count). The van der Waals surface area contributed by atoms with Gasteiger partial charge in [0.2, 0.25) is 0 Å². The van der Waals surface area contributed by atoms with Crippen LogP contribution in [0.15, 0.2) is 12.1 Å². The zero-order chi connectivity index (χ0) is 13.3. The first-order chi connectivity index (χ1) is 8.47. The smallest absolute Gasteiger partial charge is 0.293 e. The van der Waals surface area contributed by atoms with Crippen molar-refractivity contribution >= 4 is 34.0 Å². The van der Waals surface area contributed by atoms with Gasteiger partial charge in [-0.25, -0.2) is 4.39 Å². The van der Waals surface area contributed by atoms with Crippen molar-refractivity contribution in [2.75, 3.05) is 5.32 Å². The number of rotatable bonds is 5. The Kier molecular flexibility index (Phi) is 4.04. The van der Waals surface area contributed by atoms with E-state index in [0.717, 1.165) is 12.3 Å². The van der Waals surface area contributed by atoms with E-state index in [2.05, 4.69) is 5.32 Å². The summed E-state index contributed by atoms with van der Waals surface area (Å²) in [6.07, 6.45) is 3.44. The highest BCUT2D eigenvalue weighted by molar-refractivity contribution is 14.1. The first-order valence-corrected chi connectivity index (χ1v) is 6.95. The summed E-state index contributed by atoms with van der Waals surface area (Å²) >= 11 is 1.76. The fourth-order valence-corrected chi connectivity index (χ4v) is 2.43. The molecule has 0 aromatic heterocycles. The van der Waals surface area contributed by atoms with Crippen molar-refractivity contribution in [2.24, 2.45) is 5.92 Å². The van der Waals surface area contributed by atoms with Crippen LogP contribution in [0.3, 0.4) is 0 Å². The summed E-state index contributed by atoms with van der Waals surface area (Å²) in [5.74, 6) is 0.294. The minimum absolute atomic E-state index is 0.0663. The number of nitrogens with zero attached hydrogens (tertiary/aromatic N) is 1. The van der Waals surface area contributed by atoms with Crippen molar-refractivity contribution < 1.29 is 9.31 Å². The van der Waals surface area contributed by atoms with Gasteiger partial charge in [-0.15, -0.1) is 0 Å². The van der Waals surface area contributed by atoms with Gasteiger partial charge in [-0.3, -0.25) is 10.1 Å². The van der Waals surface area contributed by atoms with Gasteiger partial charge in [0.15, 0.2) is 0 Å². The van der Waals surface area contributed by atoms with Gasteiger partial charge in [-0.1, -0.05) is 12.8 Å². The molecule has 6 heteroatoms. The number of nitro groups is 1. The molecule has 98 valence electrons. The Balaban J connectivity index is 2.18. The molecule has 1 aromatic carbocycles. The highest BCUT2D eigenvalue weighted by Gasteiger charge is 2.25. The van der Waals surface area contributed by atoms with E-state index in [-0.39, 0.29) is 21.0 Å². The van der Waals surface area contributed by atoms with Gasteiger partial charge in [-0.05, 0) is 41.9 Å². The summed E-state index contributed by atoms with van der Waals surface area (Å²) in [5, 5.41) is 14.0. The van der Waals surface area contributed by atoms with Gasteiger partial charge < -0.3 is 5.32 Å². The molecule has 0 amide bonds.